The number of likely N-dealkylation sites (N-methyl/N-ethyl adjacent to an activating group) is 1. The van der Waals surface area contributed by atoms with Gasteiger partial charge in [-0.2, -0.15) is 0 Å². The van der Waals surface area contributed by atoms with E-state index in [1.807, 2.05) is 12.1 Å². The fourth-order valence-corrected chi connectivity index (χ4v) is 2.43. The Morgan fingerprint density at radius 1 is 1.10 bits per heavy atom. The molecule has 1 aromatic carbocycles. The summed E-state index contributed by atoms with van der Waals surface area (Å²) >= 11 is 0. The van der Waals surface area contributed by atoms with Crippen molar-refractivity contribution in [2.45, 2.75) is 39.3 Å². The highest BCUT2D eigenvalue weighted by molar-refractivity contribution is 5.39. The predicted molar refractivity (Wildman–Crippen MR) is 87.6 cm³/mol. The molecule has 1 aromatic rings. The first-order valence-corrected chi connectivity index (χ1v) is 7.73. The Hall–Kier alpha value is -1.10. The Bertz CT molecular complexity index is 346. The fraction of sp³-hybridized carbons (Fsp3) is 0.625. The summed E-state index contributed by atoms with van der Waals surface area (Å²) < 4.78 is 0. The largest absolute Gasteiger partial charge is 0.399 e. The van der Waals surface area contributed by atoms with Gasteiger partial charge in [0.25, 0.3) is 0 Å². The molecular weight excluding hydrogens is 248 g/mol. The lowest BCUT2D eigenvalue weighted by Gasteiger charge is -2.29. The lowest BCUT2D eigenvalue weighted by molar-refractivity contribution is 0.187. The minimum absolute atomic E-state index is 0.307. The van der Waals surface area contributed by atoms with E-state index in [4.69, 9.17) is 11.5 Å². The highest BCUT2D eigenvalue weighted by Crippen LogP contribution is 2.08. The van der Waals surface area contributed by atoms with Gasteiger partial charge in [0.15, 0.2) is 0 Å². The number of anilines is 1. The maximum absolute atomic E-state index is 5.83. The van der Waals surface area contributed by atoms with Crippen LogP contribution in [0.5, 0.6) is 0 Å². The molecule has 0 heterocycles. The third kappa shape index (κ3) is 5.90. The van der Waals surface area contributed by atoms with Crippen LogP contribution in [0.2, 0.25) is 0 Å². The predicted octanol–water partition coefficient (Wildman–Crippen LogP) is 1.81. The highest BCUT2D eigenvalue weighted by atomic mass is 15.3. The summed E-state index contributed by atoms with van der Waals surface area (Å²) in [6.45, 7) is 8.12. The molecule has 0 amide bonds. The Labute approximate surface area is 123 Å². The Morgan fingerprint density at radius 3 is 2.30 bits per heavy atom. The normalized spacial score (nSPS) is 12.8. The second-order valence-corrected chi connectivity index (χ2v) is 5.13. The second kappa shape index (κ2) is 9.75. The highest BCUT2D eigenvalue weighted by Gasteiger charge is 2.11. The van der Waals surface area contributed by atoms with E-state index in [9.17, 15) is 0 Å². The topological polar surface area (TPSA) is 67.3 Å². The second-order valence-electron chi connectivity index (χ2n) is 5.13. The van der Waals surface area contributed by atoms with Gasteiger partial charge in [-0.15, -0.1) is 0 Å². The van der Waals surface area contributed by atoms with Gasteiger partial charge < -0.3 is 16.8 Å². The number of nitrogen functional groups attached to an aromatic ring is 1. The van der Waals surface area contributed by atoms with E-state index in [0.717, 1.165) is 31.7 Å². The smallest absolute Gasteiger partial charge is 0.0723 e. The first-order valence-electron chi connectivity index (χ1n) is 7.73. The number of aryl methyl sites for hydroxylation is 1. The number of nitrogens with one attached hydrogen (secondary N) is 1. The molecule has 0 aliphatic heterocycles. The van der Waals surface area contributed by atoms with Gasteiger partial charge in [-0.25, -0.2) is 0 Å². The molecule has 0 saturated carbocycles. The number of benzene rings is 1. The van der Waals surface area contributed by atoms with E-state index in [1.54, 1.807) is 0 Å². The van der Waals surface area contributed by atoms with E-state index < -0.39 is 0 Å². The molecule has 1 unspecified atom stereocenters. The van der Waals surface area contributed by atoms with Gasteiger partial charge in [0, 0.05) is 12.2 Å². The summed E-state index contributed by atoms with van der Waals surface area (Å²) in [6, 6.07) is 8.17. The summed E-state index contributed by atoms with van der Waals surface area (Å²) in [6.07, 6.45) is 3.77. The Balaban J connectivity index is 2.19. The van der Waals surface area contributed by atoms with Crippen molar-refractivity contribution in [2.24, 2.45) is 5.73 Å². The van der Waals surface area contributed by atoms with Gasteiger partial charge in [0.05, 0.1) is 6.17 Å². The molecule has 1 atom stereocenters. The molecule has 20 heavy (non-hydrogen) atoms. The number of nitrogens with two attached hydrogens (primary N) is 2. The number of hydrogen-bond acceptors (Lipinski definition) is 4. The zero-order valence-electron chi connectivity index (χ0n) is 12.9. The van der Waals surface area contributed by atoms with Gasteiger partial charge in [-0.3, -0.25) is 4.90 Å². The first kappa shape index (κ1) is 17.0. The van der Waals surface area contributed by atoms with Crippen LogP contribution in [0.15, 0.2) is 24.3 Å². The number of rotatable bonds is 10. The van der Waals surface area contributed by atoms with Crippen LogP contribution in [0.3, 0.4) is 0 Å². The molecule has 0 fully saturated rings. The van der Waals surface area contributed by atoms with E-state index in [2.05, 4.69) is 36.2 Å². The molecule has 4 heteroatoms. The Morgan fingerprint density at radius 2 is 1.75 bits per heavy atom. The average molecular weight is 278 g/mol. The summed E-state index contributed by atoms with van der Waals surface area (Å²) in [7, 11) is 0. The summed E-state index contributed by atoms with van der Waals surface area (Å²) in [5.41, 5.74) is 13.7. The minimum Gasteiger partial charge on any atom is -0.399 e. The average Bonchev–Trinajstić information content (AvgIpc) is 2.48. The lowest BCUT2D eigenvalue weighted by Crippen LogP contribution is -2.50. The molecule has 1 rings (SSSR count). The molecule has 114 valence electrons. The number of unbranched alkanes of at least 4 members (excludes halogenated alkanes) is 1. The van der Waals surface area contributed by atoms with Crippen LogP contribution >= 0.6 is 0 Å². The van der Waals surface area contributed by atoms with Crippen molar-refractivity contribution in [1.29, 1.82) is 0 Å². The summed E-state index contributed by atoms with van der Waals surface area (Å²) in [4.78, 5) is 2.36. The van der Waals surface area contributed by atoms with Crippen molar-refractivity contribution in [3.8, 4) is 0 Å². The van der Waals surface area contributed by atoms with Gasteiger partial charge in [0.2, 0.25) is 0 Å². The third-order valence-electron chi connectivity index (χ3n) is 3.73. The molecule has 0 bridgehead atoms. The third-order valence-corrected chi connectivity index (χ3v) is 3.73. The molecule has 5 N–H and O–H groups in total. The standard InChI is InChI=1S/C16H30N4/c1-3-20(4-2)16(13-17)19-12-6-5-7-14-8-10-15(18)11-9-14/h8-11,16,19H,3-7,12-13,17-18H2,1-2H3. The zero-order valence-corrected chi connectivity index (χ0v) is 12.9. The van der Waals surface area contributed by atoms with Crippen molar-refractivity contribution in [2.75, 3.05) is 31.9 Å². The molecule has 4 nitrogen and oxygen atoms in total. The zero-order chi connectivity index (χ0) is 14.8. The van der Waals surface area contributed by atoms with Gasteiger partial charge >= 0.3 is 0 Å². The molecular formula is C16H30N4. The molecule has 0 spiro atoms. The van der Waals surface area contributed by atoms with Crippen molar-refractivity contribution in [3.63, 3.8) is 0 Å². The van der Waals surface area contributed by atoms with Crippen LogP contribution in [0.25, 0.3) is 0 Å². The van der Waals surface area contributed by atoms with Gasteiger partial charge in [-0.05, 0) is 56.6 Å². The monoisotopic (exact) mass is 278 g/mol. The molecule has 0 aliphatic carbocycles. The molecule has 0 aliphatic rings. The van der Waals surface area contributed by atoms with Crippen molar-refractivity contribution in [3.05, 3.63) is 29.8 Å². The van der Waals surface area contributed by atoms with E-state index in [1.165, 1.54) is 18.4 Å². The maximum atomic E-state index is 5.83. The molecule has 0 radical (unpaired) electrons. The fourth-order valence-electron chi connectivity index (χ4n) is 2.43. The molecule has 0 aromatic heterocycles. The van der Waals surface area contributed by atoms with Crippen molar-refractivity contribution < 1.29 is 0 Å². The van der Waals surface area contributed by atoms with E-state index in [0.29, 0.717) is 12.7 Å². The first-order chi connectivity index (χ1) is 9.71. The minimum atomic E-state index is 0.307. The van der Waals surface area contributed by atoms with E-state index in [-0.39, 0.29) is 0 Å². The quantitative estimate of drug-likeness (QED) is 0.347. The van der Waals surface area contributed by atoms with Gasteiger partial charge in [-0.1, -0.05) is 26.0 Å². The summed E-state index contributed by atoms with van der Waals surface area (Å²) in [5.74, 6) is 0. The van der Waals surface area contributed by atoms with Crippen LogP contribution in [0, 0.1) is 0 Å². The van der Waals surface area contributed by atoms with Crippen molar-refractivity contribution in [1.82, 2.24) is 10.2 Å². The molecule has 0 saturated heterocycles. The van der Waals surface area contributed by atoms with Crippen LogP contribution in [0.4, 0.5) is 5.69 Å². The Kier molecular flexibility index (Phi) is 8.26. The van der Waals surface area contributed by atoms with Crippen LogP contribution in [0.1, 0.15) is 32.3 Å². The SMILES string of the molecule is CCN(CC)C(CN)NCCCCc1ccc(N)cc1. The number of nitrogens with zero attached hydrogens (tertiary/aromatic N) is 1. The lowest BCUT2D eigenvalue weighted by atomic mass is 10.1. The van der Waals surface area contributed by atoms with Crippen LogP contribution < -0.4 is 16.8 Å². The van der Waals surface area contributed by atoms with Crippen LogP contribution in [-0.2, 0) is 6.42 Å². The van der Waals surface area contributed by atoms with Crippen molar-refractivity contribution >= 4 is 5.69 Å². The number of hydrogen-bond donors (Lipinski definition) is 3. The maximum Gasteiger partial charge on any atom is 0.0723 e. The van der Waals surface area contributed by atoms with E-state index >= 15 is 0 Å². The van der Waals surface area contributed by atoms with Crippen LogP contribution in [-0.4, -0.2) is 37.2 Å². The van der Waals surface area contributed by atoms with Gasteiger partial charge in [0.1, 0.15) is 0 Å². The summed E-state index contributed by atoms with van der Waals surface area (Å²) in [5, 5.41) is 3.55.